The number of benzene rings is 1. The van der Waals surface area contributed by atoms with Gasteiger partial charge in [0, 0.05) is 23.5 Å². The van der Waals surface area contributed by atoms with Crippen molar-refractivity contribution in [3.8, 4) is 11.4 Å². The van der Waals surface area contributed by atoms with Crippen molar-refractivity contribution in [1.82, 2.24) is 4.57 Å². The predicted octanol–water partition coefficient (Wildman–Crippen LogP) is 3.15. The molecule has 0 saturated carbocycles. The molecule has 0 bridgehead atoms. The number of Topliss-reactive ketones (excluding diaryl/α,β-unsaturated/α-hetero) is 1. The van der Waals surface area contributed by atoms with Gasteiger partial charge in [0.1, 0.15) is 11.4 Å². The highest BCUT2D eigenvalue weighted by Gasteiger charge is 2.16. The summed E-state index contributed by atoms with van der Waals surface area (Å²) in [5.41, 5.74) is 0.985. The first kappa shape index (κ1) is 14.3. The molecule has 6 heteroatoms. The first-order valence-electron chi connectivity index (χ1n) is 5.74. The molecular weight excluding hydrogens is 326 g/mol. The van der Waals surface area contributed by atoms with Crippen molar-refractivity contribution in [2.45, 2.75) is 6.92 Å². The van der Waals surface area contributed by atoms with Crippen LogP contribution in [0.25, 0.3) is 5.69 Å². The molecule has 0 amide bonds. The molecule has 1 aromatic heterocycles. The second kappa shape index (κ2) is 5.50. The SMILES string of the molecule is COc1cc(-n2cc(C(C)=O)cc2C(=O)O)ccc1Br. The highest BCUT2D eigenvalue weighted by molar-refractivity contribution is 9.10. The molecule has 0 spiro atoms. The zero-order valence-corrected chi connectivity index (χ0v) is 12.5. The molecule has 1 aromatic carbocycles. The van der Waals surface area contributed by atoms with E-state index >= 15 is 0 Å². The third kappa shape index (κ3) is 2.60. The average Bonchev–Trinajstić information content (AvgIpc) is 2.84. The molecule has 104 valence electrons. The fourth-order valence-corrected chi connectivity index (χ4v) is 2.24. The molecule has 1 N–H and O–H groups in total. The standard InChI is InChI=1S/C14H12BrNO4/c1-8(17)9-5-12(14(18)19)16(7-9)10-3-4-11(15)13(6-10)20-2/h3-7H,1-2H3,(H,18,19). The maximum Gasteiger partial charge on any atom is 0.352 e. The lowest BCUT2D eigenvalue weighted by molar-refractivity contribution is 0.0688. The van der Waals surface area contributed by atoms with Gasteiger partial charge in [-0.3, -0.25) is 4.79 Å². The molecule has 0 aliphatic heterocycles. The fourth-order valence-electron chi connectivity index (χ4n) is 1.83. The van der Waals surface area contributed by atoms with E-state index in [0.29, 0.717) is 17.0 Å². The van der Waals surface area contributed by atoms with E-state index in [0.717, 1.165) is 4.47 Å². The number of halogens is 1. The van der Waals surface area contributed by atoms with Gasteiger partial charge in [0.2, 0.25) is 0 Å². The van der Waals surface area contributed by atoms with Gasteiger partial charge in [-0.1, -0.05) is 0 Å². The third-order valence-corrected chi connectivity index (χ3v) is 3.51. The normalized spacial score (nSPS) is 10.3. The van der Waals surface area contributed by atoms with Gasteiger partial charge in [-0.05, 0) is 41.1 Å². The van der Waals surface area contributed by atoms with E-state index in [-0.39, 0.29) is 11.5 Å². The van der Waals surface area contributed by atoms with Crippen LogP contribution in [0.3, 0.4) is 0 Å². The van der Waals surface area contributed by atoms with Crippen LogP contribution < -0.4 is 4.74 Å². The molecule has 0 unspecified atom stereocenters. The molecule has 5 nitrogen and oxygen atoms in total. The number of carboxylic acid groups (broad SMARTS) is 1. The summed E-state index contributed by atoms with van der Waals surface area (Å²) < 4.78 is 7.40. The maximum atomic E-state index is 11.4. The Kier molecular flexibility index (Phi) is 3.94. The number of rotatable bonds is 4. The maximum absolute atomic E-state index is 11.4. The summed E-state index contributed by atoms with van der Waals surface area (Å²) in [4.78, 5) is 22.7. The van der Waals surface area contributed by atoms with Crippen molar-refractivity contribution in [2.24, 2.45) is 0 Å². The molecule has 1 heterocycles. The Morgan fingerprint density at radius 1 is 1.30 bits per heavy atom. The van der Waals surface area contributed by atoms with Crippen molar-refractivity contribution in [1.29, 1.82) is 0 Å². The van der Waals surface area contributed by atoms with Crippen LogP contribution in [0.15, 0.2) is 34.9 Å². The van der Waals surface area contributed by atoms with E-state index in [1.165, 1.54) is 30.9 Å². The van der Waals surface area contributed by atoms with Gasteiger partial charge < -0.3 is 14.4 Å². The summed E-state index contributed by atoms with van der Waals surface area (Å²) in [6.45, 7) is 1.40. The number of nitrogens with zero attached hydrogens (tertiary/aromatic N) is 1. The van der Waals surface area contributed by atoms with Crippen LogP contribution in [0.1, 0.15) is 27.8 Å². The van der Waals surface area contributed by atoms with Crippen LogP contribution in [-0.2, 0) is 0 Å². The van der Waals surface area contributed by atoms with E-state index in [1.807, 2.05) is 0 Å². The van der Waals surface area contributed by atoms with Crippen LogP contribution in [0.5, 0.6) is 5.75 Å². The minimum absolute atomic E-state index is 0.0274. The smallest absolute Gasteiger partial charge is 0.352 e. The van der Waals surface area contributed by atoms with Crippen molar-refractivity contribution in [2.75, 3.05) is 7.11 Å². The van der Waals surface area contributed by atoms with E-state index in [9.17, 15) is 14.7 Å². The average molecular weight is 338 g/mol. The summed E-state index contributed by atoms with van der Waals surface area (Å²) in [6.07, 6.45) is 1.51. The molecule has 20 heavy (non-hydrogen) atoms. The predicted molar refractivity (Wildman–Crippen MR) is 77.0 cm³/mol. The van der Waals surface area contributed by atoms with Gasteiger partial charge in [0.15, 0.2) is 5.78 Å². The minimum atomic E-state index is -1.10. The van der Waals surface area contributed by atoms with E-state index < -0.39 is 5.97 Å². The van der Waals surface area contributed by atoms with Gasteiger partial charge in [-0.25, -0.2) is 4.79 Å². The van der Waals surface area contributed by atoms with E-state index in [1.54, 1.807) is 18.2 Å². The number of hydrogen-bond acceptors (Lipinski definition) is 3. The van der Waals surface area contributed by atoms with Crippen LogP contribution in [0.4, 0.5) is 0 Å². The Morgan fingerprint density at radius 3 is 2.55 bits per heavy atom. The highest BCUT2D eigenvalue weighted by atomic mass is 79.9. The first-order chi connectivity index (χ1) is 9.43. The van der Waals surface area contributed by atoms with Crippen LogP contribution >= 0.6 is 15.9 Å². The summed E-state index contributed by atoms with van der Waals surface area (Å²) in [5, 5.41) is 9.23. The van der Waals surface area contributed by atoms with Crippen LogP contribution in [0.2, 0.25) is 0 Å². The van der Waals surface area contributed by atoms with E-state index in [2.05, 4.69) is 15.9 Å². The Labute approximate surface area is 123 Å². The number of ether oxygens (including phenoxy) is 1. The number of carbonyl (C=O) groups excluding carboxylic acids is 1. The van der Waals surface area contributed by atoms with Gasteiger partial charge in [0.25, 0.3) is 0 Å². The summed E-state index contributed by atoms with van der Waals surface area (Å²) >= 11 is 3.33. The number of hydrogen-bond donors (Lipinski definition) is 1. The van der Waals surface area contributed by atoms with E-state index in [4.69, 9.17) is 4.74 Å². The second-order valence-corrected chi connectivity index (χ2v) is 5.02. The lowest BCUT2D eigenvalue weighted by atomic mass is 10.2. The molecule has 0 aliphatic rings. The summed E-state index contributed by atoms with van der Waals surface area (Å²) in [5.74, 6) is -0.702. The Bertz CT molecular complexity index is 690. The Hall–Kier alpha value is -2.08. The number of aromatic nitrogens is 1. The van der Waals surface area contributed by atoms with Crippen LogP contribution in [-0.4, -0.2) is 28.5 Å². The minimum Gasteiger partial charge on any atom is -0.495 e. The van der Waals surface area contributed by atoms with Gasteiger partial charge in [-0.2, -0.15) is 0 Å². The molecule has 0 atom stereocenters. The lowest BCUT2D eigenvalue weighted by Gasteiger charge is -2.09. The number of carboxylic acids is 1. The summed E-state index contributed by atoms with van der Waals surface area (Å²) in [6, 6.07) is 6.55. The van der Waals surface area contributed by atoms with Crippen molar-refractivity contribution in [3.63, 3.8) is 0 Å². The zero-order chi connectivity index (χ0) is 14.9. The van der Waals surface area contributed by atoms with Crippen molar-refractivity contribution >= 4 is 27.7 Å². The number of methoxy groups -OCH3 is 1. The molecule has 0 fully saturated rings. The summed E-state index contributed by atoms with van der Waals surface area (Å²) in [7, 11) is 1.53. The van der Waals surface area contributed by atoms with Gasteiger partial charge >= 0.3 is 5.97 Å². The molecule has 0 saturated heterocycles. The highest BCUT2D eigenvalue weighted by Crippen LogP contribution is 2.28. The Morgan fingerprint density at radius 2 is 2.00 bits per heavy atom. The van der Waals surface area contributed by atoms with Gasteiger partial charge in [0.05, 0.1) is 11.6 Å². The molecular formula is C14H12BrNO4. The largest absolute Gasteiger partial charge is 0.495 e. The van der Waals surface area contributed by atoms with Crippen molar-refractivity contribution < 1.29 is 19.4 Å². The topological polar surface area (TPSA) is 68.5 Å². The van der Waals surface area contributed by atoms with Gasteiger partial charge in [-0.15, -0.1) is 0 Å². The first-order valence-corrected chi connectivity index (χ1v) is 6.54. The third-order valence-electron chi connectivity index (χ3n) is 2.86. The second-order valence-electron chi connectivity index (χ2n) is 4.16. The van der Waals surface area contributed by atoms with Crippen molar-refractivity contribution in [3.05, 3.63) is 46.2 Å². The fraction of sp³-hybridized carbons (Fsp3) is 0.143. The molecule has 2 rings (SSSR count). The quantitative estimate of drug-likeness (QED) is 0.870. The Balaban J connectivity index is 2.62. The molecule has 0 radical (unpaired) electrons. The monoisotopic (exact) mass is 337 g/mol. The lowest BCUT2D eigenvalue weighted by Crippen LogP contribution is -2.05. The number of carbonyl (C=O) groups is 2. The number of aromatic carboxylic acids is 1. The van der Waals surface area contributed by atoms with Crippen LogP contribution in [0, 0.1) is 0 Å². The zero-order valence-electron chi connectivity index (χ0n) is 10.9. The molecule has 0 aliphatic carbocycles. The number of ketones is 1. The molecule has 2 aromatic rings.